The van der Waals surface area contributed by atoms with Crippen LogP contribution in [0.3, 0.4) is 0 Å². The van der Waals surface area contributed by atoms with Crippen molar-refractivity contribution in [2.75, 3.05) is 32.8 Å². The van der Waals surface area contributed by atoms with E-state index in [0.29, 0.717) is 34.3 Å². The summed E-state index contributed by atoms with van der Waals surface area (Å²) in [6.45, 7) is 2.12. The van der Waals surface area contributed by atoms with Crippen LogP contribution in [0.25, 0.3) is 10.9 Å². The maximum absolute atomic E-state index is 13.1. The molecule has 3 aromatic rings. The predicted octanol–water partition coefficient (Wildman–Crippen LogP) is 1.36. The van der Waals surface area contributed by atoms with Gasteiger partial charge in [0.2, 0.25) is 21.8 Å². The lowest BCUT2D eigenvalue weighted by molar-refractivity contribution is -0.135. The van der Waals surface area contributed by atoms with Crippen molar-refractivity contribution in [2.45, 2.75) is 30.6 Å². The van der Waals surface area contributed by atoms with Crippen LogP contribution in [-0.2, 0) is 31.5 Å². The van der Waals surface area contributed by atoms with Crippen LogP contribution >= 0.6 is 11.6 Å². The maximum Gasteiger partial charge on any atom is 0.260 e. The molecule has 1 aromatic carbocycles. The zero-order valence-corrected chi connectivity index (χ0v) is 23.0. The largest absolute Gasteiger partial charge is 0.481 e. The molecule has 2 saturated heterocycles. The summed E-state index contributed by atoms with van der Waals surface area (Å²) < 4.78 is 34.9. The number of hydrogen-bond acceptors (Lipinski definition) is 8. The number of nitrogens with one attached hydrogen (secondary N) is 1. The monoisotopic (exact) mass is 574 g/mol. The number of benzene rings is 1. The fraction of sp³-hybridized carbons (Fsp3) is 0.400. The van der Waals surface area contributed by atoms with Crippen molar-refractivity contribution in [1.82, 2.24) is 29.3 Å². The molecule has 1 atom stereocenters. The zero-order chi connectivity index (χ0) is 27.9. The molecule has 2 aromatic heterocycles. The Kier molecular flexibility index (Phi) is 7.31. The molecule has 2 fully saturated rings. The van der Waals surface area contributed by atoms with Gasteiger partial charge in [0.1, 0.15) is 21.3 Å². The first-order valence-electron chi connectivity index (χ1n) is 12.4. The molecule has 206 valence electrons. The van der Waals surface area contributed by atoms with Crippen molar-refractivity contribution >= 4 is 50.2 Å². The van der Waals surface area contributed by atoms with Gasteiger partial charge in [-0.2, -0.15) is 9.40 Å². The van der Waals surface area contributed by atoms with E-state index in [0.717, 1.165) is 0 Å². The summed E-state index contributed by atoms with van der Waals surface area (Å²) in [5, 5.41) is 7.51. The quantitative estimate of drug-likeness (QED) is 0.343. The number of piperazine rings is 1. The summed E-state index contributed by atoms with van der Waals surface area (Å²) in [6, 6.07) is 6.79. The number of nitrogens with zero attached hydrogens (tertiary/aromatic N) is 5. The van der Waals surface area contributed by atoms with Gasteiger partial charge >= 0.3 is 0 Å². The lowest BCUT2D eigenvalue weighted by Gasteiger charge is -2.34. The number of rotatable bonds is 6. The van der Waals surface area contributed by atoms with Gasteiger partial charge in [0, 0.05) is 51.2 Å². The van der Waals surface area contributed by atoms with Crippen molar-refractivity contribution in [1.29, 1.82) is 0 Å². The number of hydrogen-bond donors (Lipinski definition) is 1. The highest BCUT2D eigenvalue weighted by molar-refractivity contribution is 7.89. The van der Waals surface area contributed by atoms with E-state index in [1.54, 1.807) is 35.7 Å². The van der Waals surface area contributed by atoms with Crippen LogP contribution in [0.15, 0.2) is 35.4 Å². The lowest BCUT2D eigenvalue weighted by Crippen LogP contribution is -2.51. The normalized spacial score (nSPS) is 18.8. The molecule has 0 saturated carbocycles. The predicted molar refractivity (Wildman–Crippen MR) is 141 cm³/mol. The number of imide groups is 1. The molecule has 0 aliphatic carbocycles. The SMILES string of the molecule is Cc1cnc(Cl)c(S(=O)(=O)N2CCN(C(=O)COc3cccc4c(C5CCC(=O)NC5=O)nn(C)c34)CC2)c1. The van der Waals surface area contributed by atoms with Crippen molar-refractivity contribution in [3.8, 4) is 5.75 Å². The highest BCUT2D eigenvalue weighted by Crippen LogP contribution is 2.34. The Morgan fingerprint density at radius 2 is 1.95 bits per heavy atom. The molecule has 14 heteroatoms. The fourth-order valence-corrected chi connectivity index (χ4v) is 6.83. The number of aromatic nitrogens is 3. The van der Waals surface area contributed by atoms with E-state index in [-0.39, 0.29) is 67.0 Å². The van der Waals surface area contributed by atoms with Gasteiger partial charge in [0.15, 0.2) is 6.61 Å². The van der Waals surface area contributed by atoms with Gasteiger partial charge in [-0.1, -0.05) is 23.7 Å². The molecular weight excluding hydrogens is 548 g/mol. The van der Waals surface area contributed by atoms with Crippen molar-refractivity contribution < 1.29 is 27.5 Å². The van der Waals surface area contributed by atoms with E-state index in [2.05, 4.69) is 15.4 Å². The van der Waals surface area contributed by atoms with Gasteiger partial charge in [-0.3, -0.25) is 24.4 Å². The number of piperidine rings is 1. The van der Waals surface area contributed by atoms with Gasteiger partial charge in [-0.05, 0) is 31.0 Å². The standard InChI is InChI=1S/C25H27ClN6O6S/c1-15-12-19(24(26)27-13-15)39(36,37)32-10-8-31(9-11-32)21(34)14-38-18-5-3-4-16-22(29-30(2)23(16)18)17-6-7-20(33)28-25(17)35/h3-5,12-13,17H,6-11,14H2,1-2H3,(H,28,33,35). The van der Waals surface area contributed by atoms with Crippen LogP contribution in [0.4, 0.5) is 0 Å². The third-order valence-electron chi connectivity index (χ3n) is 6.93. The number of aryl methyl sites for hydroxylation is 2. The number of pyridine rings is 1. The minimum atomic E-state index is -3.85. The summed E-state index contributed by atoms with van der Waals surface area (Å²) >= 11 is 6.05. The maximum atomic E-state index is 13.1. The number of carbonyl (C=O) groups excluding carboxylic acids is 3. The number of para-hydroxylation sites is 1. The Balaban J connectivity index is 1.25. The molecule has 0 spiro atoms. The van der Waals surface area contributed by atoms with Crippen LogP contribution in [0.5, 0.6) is 5.75 Å². The first kappa shape index (κ1) is 27.0. The molecule has 2 aliphatic rings. The minimum absolute atomic E-state index is 0.0479. The van der Waals surface area contributed by atoms with Crippen molar-refractivity contribution in [3.05, 3.63) is 46.9 Å². The van der Waals surface area contributed by atoms with Gasteiger partial charge < -0.3 is 9.64 Å². The van der Waals surface area contributed by atoms with Gasteiger partial charge in [-0.25, -0.2) is 13.4 Å². The summed E-state index contributed by atoms with van der Waals surface area (Å²) in [5.41, 5.74) is 1.86. The van der Waals surface area contributed by atoms with E-state index in [9.17, 15) is 22.8 Å². The van der Waals surface area contributed by atoms with Gasteiger partial charge in [-0.15, -0.1) is 0 Å². The first-order chi connectivity index (χ1) is 18.6. The molecule has 39 heavy (non-hydrogen) atoms. The average molecular weight is 575 g/mol. The second-order valence-corrected chi connectivity index (χ2v) is 11.8. The van der Waals surface area contributed by atoms with Crippen molar-refractivity contribution in [3.63, 3.8) is 0 Å². The molecular formula is C25H27ClN6O6S. The molecule has 1 N–H and O–H groups in total. The molecule has 1 unspecified atom stereocenters. The lowest BCUT2D eigenvalue weighted by atomic mass is 9.93. The Morgan fingerprint density at radius 3 is 2.67 bits per heavy atom. The van der Waals surface area contributed by atoms with E-state index in [1.807, 2.05) is 6.07 Å². The molecule has 0 bridgehead atoms. The van der Waals surface area contributed by atoms with Crippen LogP contribution < -0.4 is 10.1 Å². The summed E-state index contributed by atoms with van der Waals surface area (Å²) in [7, 11) is -2.13. The van der Waals surface area contributed by atoms with Crippen molar-refractivity contribution in [2.24, 2.45) is 7.05 Å². The fourth-order valence-electron chi connectivity index (χ4n) is 4.91. The summed E-state index contributed by atoms with van der Waals surface area (Å²) in [4.78, 5) is 42.4. The number of halogens is 1. The third kappa shape index (κ3) is 5.21. The molecule has 12 nitrogen and oxygen atoms in total. The first-order valence-corrected chi connectivity index (χ1v) is 14.2. The Labute approximate surface area is 229 Å². The minimum Gasteiger partial charge on any atom is -0.481 e. The topological polar surface area (TPSA) is 144 Å². The Morgan fingerprint density at radius 1 is 1.21 bits per heavy atom. The zero-order valence-electron chi connectivity index (χ0n) is 21.4. The summed E-state index contributed by atoms with van der Waals surface area (Å²) in [5.74, 6) is -1.09. The Bertz CT molecular complexity index is 1580. The van der Waals surface area contributed by atoms with Crippen LogP contribution in [0.2, 0.25) is 5.15 Å². The number of amides is 3. The van der Waals surface area contributed by atoms with E-state index in [4.69, 9.17) is 16.3 Å². The van der Waals surface area contributed by atoms with Crippen LogP contribution in [-0.4, -0.2) is 82.9 Å². The molecule has 5 rings (SSSR count). The van der Waals surface area contributed by atoms with Crippen LogP contribution in [0, 0.1) is 6.92 Å². The highest BCUT2D eigenvalue weighted by atomic mass is 35.5. The van der Waals surface area contributed by atoms with Gasteiger partial charge in [0.05, 0.1) is 11.6 Å². The third-order valence-corrected chi connectivity index (χ3v) is 9.25. The summed E-state index contributed by atoms with van der Waals surface area (Å²) in [6.07, 6.45) is 2.11. The van der Waals surface area contributed by atoms with Gasteiger partial charge in [0.25, 0.3) is 5.91 Å². The van der Waals surface area contributed by atoms with E-state index < -0.39 is 15.9 Å². The van der Waals surface area contributed by atoms with Crippen LogP contribution in [0.1, 0.15) is 30.0 Å². The smallest absolute Gasteiger partial charge is 0.260 e. The Hall–Kier alpha value is -3.55. The number of ether oxygens (including phenoxy) is 1. The highest BCUT2D eigenvalue weighted by Gasteiger charge is 2.33. The molecule has 0 radical (unpaired) electrons. The number of carbonyl (C=O) groups is 3. The van der Waals surface area contributed by atoms with E-state index >= 15 is 0 Å². The molecule has 3 amide bonds. The molecule has 2 aliphatic heterocycles. The molecule has 4 heterocycles. The average Bonchev–Trinajstić information content (AvgIpc) is 3.25. The second kappa shape index (κ2) is 10.5. The number of sulfonamides is 1. The number of fused-ring (bicyclic) bond motifs is 1. The second-order valence-electron chi connectivity index (χ2n) is 9.54. The van der Waals surface area contributed by atoms with E-state index in [1.165, 1.54) is 16.6 Å².